The molecule has 98 valence electrons. The minimum Gasteiger partial charge on any atom is -0.394 e. The van der Waals surface area contributed by atoms with Crippen molar-refractivity contribution in [3.8, 4) is 11.5 Å². The minimum atomic E-state index is 0.0248. The summed E-state index contributed by atoms with van der Waals surface area (Å²) < 4.78 is 6.50. The Morgan fingerprint density at radius 1 is 1.50 bits per heavy atom. The molecule has 6 heteroatoms. The predicted octanol–water partition coefficient (Wildman–Crippen LogP) is 1.51. The van der Waals surface area contributed by atoms with E-state index in [0.717, 1.165) is 18.7 Å². The first-order valence-electron chi connectivity index (χ1n) is 6.20. The number of aliphatic hydroxyl groups excluding tert-OH is 1. The second kappa shape index (κ2) is 5.77. The molecule has 0 saturated carbocycles. The predicted molar refractivity (Wildman–Crippen MR) is 65.8 cm³/mol. The van der Waals surface area contributed by atoms with Crippen LogP contribution in [0.3, 0.4) is 0 Å². The van der Waals surface area contributed by atoms with E-state index < -0.39 is 0 Å². The van der Waals surface area contributed by atoms with Gasteiger partial charge in [0.15, 0.2) is 17.3 Å². The van der Waals surface area contributed by atoms with Gasteiger partial charge in [-0.2, -0.15) is 5.10 Å². The van der Waals surface area contributed by atoms with E-state index in [4.69, 9.17) is 9.63 Å². The van der Waals surface area contributed by atoms with Crippen LogP contribution in [0.1, 0.15) is 26.1 Å². The van der Waals surface area contributed by atoms with Crippen molar-refractivity contribution in [2.75, 3.05) is 6.61 Å². The van der Waals surface area contributed by atoms with Crippen molar-refractivity contribution in [1.29, 1.82) is 0 Å². The van der Waals surface area contributed by atoms with Crippen molar-refractivity contribution in [3.05, 3.63) is 18.2 Å². The highest BCUT2D eigenvalue weighted by atomic mass is 16.5. The lowest BCUT2D eigenvalue weighted by Crippen LogP contribution is -2.07. The van der Waals surface area contributed by atoms with Gasteiger partial charge in [-0.3, -0.25) is 0 Å². The lowest BCUT2D eigenvalue weighted by molar-refractivity contribution is 0.269. The molecule has 0 aliphatic carbocycles. The Labute approximate surface area is 106 Å². The molecule has 6 nitrogen and oxygen atoms in total. The van der Waals surface area contributed by atoms with Gasteiger partial charge in [0.1, 0.15) is 6.26 Å². The van der Waals surface area contributed by atoms with Gasteiger partial charge in [0.05, 0.1) is 13.2 Å². The zero-order chi connectivity index (χ0) is 13.0. The largest absolute Gasteiger partial charge is 0.394 e. The molecule has 0 saturated heterocycles. The summed E-state index contributed by atoms with van der Waals surface area (Å²) in [5.74, 6) is 1.98. The molecule has 0 spiro atoms. The number of aromatic nitrogens is 4. The average molecular weight is 250 g/mol. The van der Waals surface area contributed by atoms with Gasteiger partial charge in [-0.25, -0.2) is 9.67 Å². The molecule has 0 amide bonds. The van der Waals surface area contributed by atoms with Crippen molar-refractivity contribution in [1.82, 2.24) is 19.9 Å². The van der Waals surface area contributed by atoms with Gasteiger partial charge >= 0.3 is 0 Å². The molecule has 2 heterocycles. The molecule has 1 atom stereocenters. The van der Waals surface area contributed by atoms with E-state index >= 15 is 0 Å². The summed E-state index contributed by atoms with van der Waals surface area (Å²) in [4.78, 5) is 4.48. The summed E-state index contributed by atoms with van der Waals surface area (Å²) in [7, 11) is 0. The van der Waals surface area contributed by atoms with Crippen molar-refractivity contribution >= 4 is 0 Å². The molecular weight excluding hydrogens is 232 g/mol. The van der Waals surface area contributed by atoms with Crippen LogP contribution in [-0.4, -0.2) is 31.6 Å². The molecule has 0 aliphatic rings. The Morgan fingerprint density at radius 2 is 2.33 bits per heavy atom. The summed E-state index contributed by atoms with van der Waals surface area (Å²) >= 11 is 0. The second-order valence-electron chi connectivity index (χ2n) is 4.40. The van der Waals surface area contributed by atoms with Gasteiger partial charge in [0.2, 0.25) is 0 Å². The van der Waals surface area contributed by atoms with Crippen LogP contribution in [-0.2, 0) is 13.0 Å². The van der Waals surface area contributed by atoms with E-state index in [1.807, 2.05) is 0 Å². The number of aliphatic hydroxyl groups is 1. The monoisotopic (exact) mass is 250 g/mol. The van der Waals surface area contributed by atoms with Gasteiger partial charge in [0.25, 0.3) is 0 Å². The summed E-state index contributed by atoms with van der Waals surface area (Å²) in [6.07, 6.45) is 3.43. The second-order valence-corrected chi connectivity index (χ2v) is 4.40. The average Bonchev–Trinajstić information content (AvgIpc) is 2.98. The smallest absolute Gasteiger partial charge is 0.180 e. The van der Waals surface area contributed by atoms with Gasteiger partial charge in [-0.1, -0.05) is 25.4 Å². The van der Waals surface area contributed by atoms with E-state index in [0.29, 0.717) is 24.0 Å². The first kappa shape index (κ1) is 12.8. The van der Waals surface area contributed by atoms with Crippen LogP contribution in [0, 0.1) is 5.92 Å². The fourth-order valence-electron chi connectivity index (χ4n) is 1.70. The molecule has 2 aromatic heterocycles. The number of hydrogen-bond acceptors (Lipinski definition) is 5. The summed E-state index contributed by atoms with van der Waals surface area (Å²) in [5, 5.41) is 17.3. The summed E-state index contributed by atoms with van der Waals surface area (Å²) in [6, 6.07) is 1.74. The van der Waals surface area contributed by atoms with Crippen molar-refractivity contribution in [3.63, 3.8) is 0 Å². The molecule has 0 bridgehead atoms. The van der Waals surface area contributed by atoms with Crippen molar-refractivity contribution < 1.29 is 9.63 Å². The SMILES string of the molecule is CCC(C)Cc1nc(-c2ccon2)n(CCO)n1. The minimum absolute atomic E-state index is 0.0248. The van der Waals surface area contributed by atoms with E-state index in [9.17, 15) is 0 Å². The van der Waals surface area contributed by atoms with Crippen LogP contribution in [0.15, 0.2) is 16.9 Å². The Kier molecular flexibility index (Phi) is 4.09. The molecule has 2 rings (SSSR count). The molecule has 18 heavy (non-hydrogen) atoms. The normalized spacial score (nSPS) is 12.8. The highest BCUT2D eigenvalue weighted by Gasteiger charge is 2.15. The number of rotatable bonds is 6. The zero-order valence-electron chi connectivity index (χ0n) is 10.7. The maximum Gasteiger partial charge on any atom is 0.180 e. The zero-order valence-corrected chi connectivity index (χ0v) is 10.7. The van der Waals surface area contributed by atoms with Crippen molar-refractivity contribution in [2.24, 2.45) is 5.92 Å². The lowest BCUT2D eigenvalue weighted by Gasteiger charge is -2.03. The molecular formula is C12H18N4O2. The third kappa shape index (κ3) is 2.76. The van der Waals surface area contributed by atoms with E-state index in [2.05, 4.69) is 29.1 Å². The van der Waals surface area contributed by atoms with Gasteiger partial charge in [-0.15, -0.1) is 0 Å². The Balaban J connectivity index is 2.27. The van der Waals surface area contributed by atoms with Crippen LogP contribution >= 0.6 is 0 Å². The van der Waals surface area contributed by atoms with E-state index in [1.54, 1.807) is 10.7 Å². The van der Waals surface area contributed by atoms with Crippen LogP contribution in [0.25, 0.3) is 11.5 Å². The van der Waals surface area contributed by atoms with E-state index in [1.165, 1.54) is 6.26 Å². The fourth-order valence-corrected chi connectivity index (χ4v) is 1.70. The third-order valence-corrected chi connectivity index (χ3v) is 2.92. The molecule has 0 radical (unpaired) electrons. The topological polar surface area (TPSA) is 77.0 Å². The number of nitrogens with zero attached hydrogens (tertiary/aromatic N) is 4. The molecule has 1 unspecified atom stereocenters. The fraction of sp³-hybridized carbons (Fsp3) is 0.583. The Hall–Kier alpha value is -1.69. The van der Waals surface area contributed by atoms with Gasteiger partial charge in [0, 0.05) is 12.5 Å². The maximum atomic E-state index is 9.05. The van der Waals surface area contributed by atoms with Crippen LogP contribution in [0.4, 0.5) is 0 Å². The van der Waals surface area contributed by atoms with Crippen LogP contribution in [0.2, 0.25) is 0 Å². The highest BCUT2D eigenvalue weighted by Crippen LogP contribution is 2.17. The molecule has 0 aromatic carbocycles. The first-order valence-corrected chi connectivity index (χ1v) is 6.20. The Bertz CT molecular complexity index is 478. The van der Waals surface area contributed by atoms with E-state index in [-0.39, 0.29) is 6.61 Å². The molecule has 2 aromatic rings. The van der Waals surface area contributed by atoms with Crippen LogP contribution < -0.4 is 0 Å². The Morgan fingerprint density at radius 3 is 2.94 bits per heavy atom. The molecule has 0 aliphatic heterocycles. The maximum absolute atomic E-state index is 9.05. The standard InChI is InChI=1S/C12H18N4O2/c1-3-9(2)8-11-13-12(10-4-7-18-15-10)16(14-11)5-6-17/h4,7,9,17H,3,5-6,8H2,1-2H3. The lowest BCUT2D eigenvalue weighted by atomic mass is 10.1. The summed E-state index contributed by atoms with van der Waals surface area (Å²) in [6.45, 7) is 4.75. The first-order chi connectivity index (χ1) is 8.74. The quantitative estimate of drug-likeness (QED) is 0.841. The third-order valence-electron chi connectivity index (χ3n) is 2.92. The molecule has 0 fully saturated rings. The van der Waals surface area contributed by atoms with Crippen molar-refractivity contribution in [2.45, 2.75) is 33.2 Å². The highest BCUT2D eigenvalue weighted by molar-refractivity contribution is 5.47. The van der Waals surface area contributed by atoms with Gasteiger partial charge in [-0.05, 0) is 5.92 Å². The van der Waals surface area contributed by atoms with Crippen LogP contribution in [0.5, 0.6) is 0 Å². The number of hydrogen-bond donors (Lipinski definition) is 1. The molecule has 1 N–H and O–H groups in total. The summed E-state index contributed by atoms with van der Waals surface area (Å²) in [5.41, 5.74) is 0.645. The van der Waals surface area contributed by atoms with Gasteiger partial charge < -0.3 is 9.63 Å².